The van der Waals surface area contributed by atoms with Crippen molar-refractivity contribution in [3.05, 3.63) is 12.8 Å². The summed E-state index contributed by atoms with van der Waals surface area (Å²) in [6.07, 6.45) is 11.7. The summed E-state index contributed by atoms with van der Waals surface area (Å²) in [6, 6.07) is 0. The van der Waals surface area contributed by atoms with Crippen LogP contribution in [-0.4, -0.2) is 6.54 Å². The Hall–Kier alpha value is -0.460. The highest BCUT2D eigenvalue weighted by Gasteiger charge is 2.31. The van der Waals surface area contributed by atoms with E-state index in [0.717, 1.165) is 6.54 Å². The molecule has 0 spiro atoms. The fourth-order valence-electron chi connectivity index (χ4n) is 2.72. The lowest BCUT2D eigenvalue weighted by atomic mass is 9.79. The van der Waals surface area contributed by atoms with E-state index in [-0.39, 0.29) is 0 Å². The molecule has 0 radical (unpaired) electrons. The van der Waals surface area contributed by atoms with E-state index in [2.05, 4.69) is 18.8 Å². The van der Waals surface area contributed by atoms with Crippen molar-refractivity contribution in [1.82, 2.24) is 5.32 Å². The predicted octanol–water partition coefficient (Wildman–Crippen LogP) is 3.47. The van der Waals surface area contributed by atoms with Gasteiger partial charge in [-0.15, -0.1) is 0 Å². The molecule has 0 unspecified atom stereocenters. The van der Waals surface area contributed by atoms with Gasteiger partial charge in [-0.2, -0.15) is 0 Å². The third kappa shape index (κ3) is 3.06. The van der Waals surface area contributed by atoms with E-state index in [0.29, 0.717) is 5.41 Å². The van der Waals surface area contributed by atoms with Crippen LogP contribution < -0.4 is 5.32 Å². The van der Waals surface area contributed by atoms with Crippen LogP contribution in [0.4, 0.5) is 0 Å². The van der Waals surface area contributed by atoms with Gasteiger partial charge in [-0.25, -0.2) is 0 Å². The van der Waals surface area contributed by atoms with Gasteiger partial charge in [-0.05, 0) is 37.3 Å². The van der Waals surface area contributed by atoms with Crippen LogP contribution in [0.15, 0.2) is 12.8 Å². The summed E-state index contributed by atoms with van der Waals surface area (Å²) in [6.45, 7) is 7.10. The highest BCUT2D eigenvalue weighted by atomic mass is 14.8. The van der Waals surface area contributed by atoms with Gasteiger partial charge >= 0.3 is 0 Å². The van der Waals surface area contributed by atoms with Crippen LogP contribution in [0.2, 0.25) is 0 Å². The molecule has 1 aliphatic carbocycles. The van der Waals surface area contributed by atoms with E-state index in [1.54, 1.807) is 0 Å². The average molecular weight is 181 g/mol. The standard InChI is InChI=1S/C12H23N/c1-3-7-12(8-5-6-9-12)10-11-13-4-2/h4,13H,2-3,5-11H2,1H3. The van der Waals surface area contributed by atoms with Crippen molar-refractivity contribution in [2.24, 2.45) is 5.41 Å². The van der Waals surface area contributed by atoms with Crippen molar-refractivity contribution in [1.29, 1.82) is 0 Å². The molecule has 0 aromatic carbocycles. The van der Waals surface area contributed by atoms with Crippen molar-refractivity contribution >= 4 is 0 Å². The van der Waals surface area contributed by atoms with Crippen molar-refractivity contribution in [3.8, 4) is 0 Å². The minimum absolute atomic E-state index is 0.685. The number of hydrogen-bond acceptors (Lipinski definition) is 1. The van der Waals surface area contributed by atoms with E-state index in [1.807, 2.05) is 6.20 Å². The molecule has 0 atom stereocenters. The zero-order chi connectivity index (χ0) is 9.57. The minimum atomic E-state index is 0.685. The molecule has 76 valence electrons. The largest absolute Gasteiger partial charge is 0.391 e. The van der Waals surface area contributed by atoms with Crippen LogP contribution in [-0.2, 0) is 0 Å². The van der Waals surface area contributed by atoms with E-state index in [4.69, 9.17) is 0 Å². The lowest BCUT2D eigenvalue weighted by Gasteiger charge is -2.28. The molecule has 1 aliphatic rings. The molecule has 0 amide bonds. The third-order valence-electron chi connectivity index (χ3n) is 3.39. The minimum Gasteiger partial charge on any atom is -0.391 e. The van der Waals surface area contributed by atoms with Gasteiger partial charge in [0.1, 0.15) is 0 Å². The Labute approximate surface area is 82.6 Å². The lowest BCUT2D eigenvalue weighted by molar-refractivity contribution is 0.246. The first-order chi connectivity index (χ1) is 6.33. The van der Waals surface area contributed by atoms with E-state index >= 15 is 0 Å². The van der Waals surface area contributed by atoms with Crippen molar-refractivity contribution in [2.75, 3.05) is 6.54 Å². The second-order valence-corrected chi connectivity index (χ2v) is 4.37. The predicted molar refractivity (Wildman–Crippen MR) is 58.6 cm³/mol. The first kappa shape index (κ1) is 10.6. The second-order valence-electron chi connectivity index (χ2n) is 4.37. The maximum atomic E-state index is 3.68. The summed E-state index contributed by atoms with van der Waals surface area (Å²) >= 11 is 0. The fraction of sp³-hybridized carbons (Fsp3) is 0.833. The molecular formula is C12H23N. The van der Waals surface area contributed by atoms with Gasteiger partial charge in [0.05, 0.1) is 0 Å². The Balaban J connectivity index is 2.32. The Morgan fingerprint density at radius 1 is 1.31 bits per heavy atom. The van der Waals surface area contributed by atoms with Gasteiger partial charge in [-0.3, -0.25) is 0 Å². The number of rotatable bonds is 6. The van der Waals surface area contributed by atoms with Gasteiger partial charge in [0.25, 0.3) is 0 Å². The van der Waals surface area contributed by atoms with Gasteiger partial charge in [0.2, 0.25) is 0 Å². The topological polar surface area (TPSA) is 12.0 Å². The van der Waals surface area contributed by atoms with Crippen LogP contribution in [0.1, 0.15) is 51.9 Å². The summed E-state index contributed by atoms with van der Waals surface area (Å²) in [5.41, 5.74) is 0.685. The zero-order valence-electron chi connectivity index (χ0n) is 8.94. The number of hydrogen-bond donors (Lipinski definition) is 1. The Kier molecular flexibility index (Phi) is 4.34. The van der Waals surface area contributed by atoms with Crippen LogP contribution in [0.5, 0.6) is 0 Å². The molecule has 1 heteroatoms. The van der Waals surface area contributed by atoms with Crippen molar-refractivity contribution in [2.45, 2.75) is 51.9 Å². The van der Waals surface area contributed by atoms with Crippen molar-refractivity contribution in [3.63, 3.8) is 0 Å². The molecule has 0 saturated heterocycles. The average Bonchev–Trinajstić information content (AvgIpc) is 2.55. The van der Waals surface area contributed by atoms with Crippen LogP contribution in [0, 0.1) is 5.41 Å². The molecular weight excluding hydrogens is 158 g/mol. The molecule has 1 rings (SSSR count). The van der Waals surface area contributed by atoms with E-state index in [9.17, 15) is 0 Å². The van der Waals surface area contributed by atoms with Crippen LogP contribution >= 0.6 is 0 Å². The molecule has 1 nitrogen and oxygen atoms in total. The highest BCUT2D eigenvalue weighted by Crippen LogP contribution is 2.44. The lowest BCUT2D eigenvalue weighted by Crippen LogP contribution is -2.22. The monoisotopic (exact) mass is 181 g/mol. The maximum absolute atomic E-state index is 3.68. The van der Waals surface area contributed by atoms with Gasteiger partial charge < -0.3 is 5.32 Å². The quantitative estimate of drug-likeness (QED) is 0.619. The van der Waals surface area contributed by atoms with E-state index in [1.165, 1.54) is 44.9 Å². The molecule has 1 saturated carbocycles. The Bertz CT molecular complexity index is 145. The highest BCUT2D eigenvalue weighted by molar-refractivity contribution is 4.85. The van der Waals surface area contributed by atoms with Crippen LogP contribution in [0.3, 0.4) is 0 Å². The fourth-order valence-corrected chi connectivity index (χ4v) is 2.72. The second kappa shape index (κ2) is 5.31. The van der Waals surface area contributed by atoms with Gasteiger partial charge in [0, 0.05) is 6.54 Å². The first-order valence-electron chi connectivity index (χ1n) is 5.67. The molecule has 0 aliphatic heterocycles. The zero-order valence-corrected chi connectivity index (χ0v) is 8.94. The molecule has 0 heterocycles. The van der Waals surface area contributed by atoms with Crippen molar-refractivity contribution < 1.29 is 0 Å². The maximum Gasteiger partial charge on any atom is 0.0146 e. The molecule has 0 bridgehead atoms. The SMILES string of the molecule is C=CNCCC1(CCC)CCCC1. The molecule has 1 N–H and O–H groups in total. The van der Waals surface area contributed by atoms with Gasteiger partial charge in [-0.1, -0.05) is 32.8 Å². The number of nitrogens with one attached hydrogen (secondary N) is 1. The summed E-state index contributed by atoms with van der Waals surface area (Å²) in [5.74, 6) is 0. The van der Waals surface area contributed by atoms with Gasteiger partial charge in [0.15, 0.2) is 0 Å². The molecule has 1 fully saturated rings. The Morgan fingerprint density at radius 2 is 2.00 bits per heavy atom. The third-order valence-corrected chi connectivity index (χ3v) is 3.39. The van der Waals surface area contributed by atoms with E-state index < -0.39 is 0 Å². The molecule has 0 aromatic rings. The molecule has 13 heavy (non-hydrogen) atoms. The summed E-state index contributed by atoms with van der Waals surface area (Å²) in [7, 11) is 0. The summed E-state index contributed by atoms with van der Waals surface area (Å²) in [5, 5.41) is 3.22. The first-order valence-corrected chi connectivity index (χ1v) is 5.67. The molecule has 0 aromatic heterocycles. The Morgan fingerprint density at radius 3 is 2.54 bits per heavy atom. The summed E-state index contributed by atoms with van der Waals surface area (Å²) in [4.78, 5) is 0. The normalized spacial score (nSPS) is 20.1. The summed E-state index contributed by atoms with van der Waals surface area (Å²) < 4.78 is 0. The van der Waals surface area contributed by atoms with Crippen LogP contribution in [0.25, 0.3) is 0 Å². The smallest absolute Gasteiger partial charge is 0.0146 e.